The van der Waals surface area contributed by atoms with Crippen LogP contribution in [0.5, 0.6) is 0 Å². The van der Waals surface area contributed by atoms with Crippen LogP contribution in [0.2, 0.25) is 0 Å². The highest BCUT2D eigenvalue weighted by Gasteiger charge is 2.67. The predicted octanol–water partition coefficient (Wildman–Crippen LogP) is 0.780. The van der Waals surface area contributed by atoms with Crippen molar-refractivity contribution < 1.29 is 19.1 Å². The molecule has 84 valence electrons. The van der Waals surface area contributed by atoms with Crippen molar-refractivity contribution in [3.8, 4) is 0 Å². The minimum absolute atomic E-state index is 0.262. The fourth-order valence-electron chi connectivity index (χ4n) is 2.58. The van der Waals surface area contributed by atoms with E-state index in [1.54, 1.807) is 0 Å². The van der Waals surface area contributed by atoms with Gasteiger partial charge < -0.3 is 9.47 Å². The van der Waals surface area contributed by atoms with Gasteiger partial charge in [-0.25, -0.2) is 9.59 Å². The molecular formula is C10H15NO4. The number of ether oxygens (including phenoxy) is 2. The third kappa shape index (κ3) is 1.29. The second-order valence-electron chi connectivity index (χ2n) is 4.08. The number of rotatable bonds is 1. The molecule has 5 heteroatoms. The van der Waals surface area contributed by atoms with Gasteiger partial charge >= 0.3 is 12.1 Å². The second kappa shape index (κ2) is 3.40. The Hall–Kier alpha value is -1.26. The van der Waals surface area contributed by atoms with E-state index in [4.69, 9.17) is 4.74 Å². The molecule has 2 aliphatic rings. The number of piperidine rings is 1. The number of esters is 1. The molecule has 2 rings (SSSR count). The lowest BCUT2D eigenvalue weighted by molar-refractivity contribution is -0.149. The van der Waals surface area contributed by atoms with Gasteiger partial charge in [0.1, 0.15) is 5.54 Å². The Morgan fingerprint density at radius 1 is 1.33 bits per heavy atom. The molecule has 0 N–H and O–H groups in total. The molecule has 0 bridgehead atoms. The summed E-state index contributed by atoms with van der Waals surface area (Å²) in [6.45, 7) is 0.582. The normalized spacial score (nSPS) is 32.9. The number of carbonyl (C=O) groups is 2. The first kappa shape index (κ1) is 10.3. The van der Waals surface area contributed by atoms with Crippen molar-refractivity contribution >= 4 is 12.1 Å². The predicted molar refractivity (Wildman–Crippen MR) is 51.2 cm³/mol. The highest BCUT2D eigenvalue weighted by molar-refractivity contribution is 5.89. The minimum Gasteiger partial charge on any atom is -0.467 e. The van der Waals surface area contributed by atoms with Crippen molar-refractivity contribution in [2.75, 3.05) is 20.8 Å². The molecule has 1 aliphatic carbocycles. The quantitative estimate of drug-likeness (QED) is 0.604. The zero-order valence-electron chi connectivity index (χ0n) is 8.99. The number of hydrogen-bond acceptors (Lipinski definition) is 4. The third-order valence-corrected chi connectivity index (χ3v) is 3.42. The van der Waals surface area contributed by atoms with Gasteiger partial charge in [-0.2, -0.15) is 0 Å². The summed E-state index contributed by atoms with van der Waals surface area (Å²) < 4.78 is 9.46. The molecule has 1 aliphatic heterocycles. The topological polar surface area (TPSA) is 55.8 Å². The third-order valence-electron chi connectivity index (χ3n) is 3.42. The average molecular weight is 213 g/mol. The lowest BCUT2D eigenvalue weighted by Gasteiger charge is -2.32. The molecule has 15 heavy (non-hydrogen) atoms. The van der Waals surface area contributed by atoms with Crippen LogP contribution in [0.25, 0.3) is 0 Å². The van der Waals surface area contributed by atoms with Crippen LogP contribution in [0.3, 0.4) is 0 Å². The van der Waals surface area contributed by atoms with Crippen LogP contribution < -0.4 is 0 Å². The first-order chi connectivity index (χ1) is 7.16. The molecule has 1 heterocycles. The summed E-state index contributed by atoms with van der Waals surface area (Å²) in [5.74, 6) is -0.0459. The van der Waals surface area contributed by atoms with E-state index in [1.165, 1.54) is 19.1 Å². The summed E-state index contributed by atoms with van der Waals surface area (Å²) in [5, 5.41) is 0. The van der Waals surface area contributed by atoms with E-state index in [9.17, 15) is 9.59 Å². The molecule has 1 saturated carbocycles. The monoisotopic (exact) mass is 213 g/mol. The summed E-state index contributed by atoms with van der Waals surface area (Å²) in [5.41, 5.74) is -0.708. The van der Waals surface area contributed by atoms with Gasteiger partial charge in [0.25, 0.3) is 0 Å². The standard InChI is InChI=1S/C10H15NO4/c1-14-8(12)10-6-7(10)4-3-5-11(10)9(13)15-2/h7H,3-6H2,1-2H3/t7-,10+/m1/s1. The summed E-state index contributed by atoms with van der Waals surface area (Å²) in [6, 6.07) is 0. The Bertz CT molecular complexity index is 304. The molecule has 0 unspecified atom stereocenters. The molecule has 0 spiro atoms. The number of fused-ring (bicyclic) bond motifs is 1. The Kier molecular flexibility index (Phi) is 2.32. The van der Waals surface area contributed by atoms with Crippen molar-refractivity contribution in [2.45, 2.75) is 24.8 Å². The van der Waals surface area contributed by atoms with Crippen molar-refractivity contribution in [3.05, 3.63) is 0 Å². The van der Waals surface area contributed by atoms with Crippen molar-refractivity contribution in [3.63, 3.8) is 0 Å². The summed E-state index contributed by atoms with van der Waals surface area (Å²) in [7, 11) is 2.69. The zero-order valence-corrected chi connectivity index (χ0v) is 8.99. The van der Waals surface area contributed by atoms with Crippen LogP contribution in [-0.4, -0.2) is 43.3 Å². The molecule has 1 saturated heterocycles. The van der Waals surface area contributed by atoms with Gasteiger partial charge in [0.2, 0.25) is 0 Å². The Balaban J connectivity index is 2.22. The Labute approximate surface area is 88.3 Å². The van der Waals surface area contributed by atoms with E-state index in [0.717, 1.165) is 19.3 Å². The van der Waals surface area contributed by atoms with Crippen LogP contribution in [0.1, 0.15) is 19.3 Å². The van der Waals surface area contributed by atoms with Gasteiger partial charge in [0.05, 0.1) is 14.2 Å². The maximum absolute atomic E-state index is 11.7. The maximum Gasteiger partial charge on any atom is 0.410 e. The number of likely N-dealkylation sites (tertiary alicyclic amines) is 1. The van der Waals surface area contributed by atoms with E-state index in [2.05, 4.69) is 4.74 Å². The van der Waals surface area contributed by atoms with Crippen LogP contribution in [0, 0.1) is 5.92 Å². The lowest BCUT2D eigenvalue weighted by atomic mass is 10.0. The molecule has 0 aromatic rings. The van der Waals surface area contributed by atoms with Crippen molar-refractivity contribution in [1.29, 1.82) is 0 Å². The summed E-state index contributed by atoms with van der Waals surface area (Å²) >= 11 is 0. The molecule has 2 fully saturated rings. The SMILES string of the molecule is COC(=O)N1CCC[C@@H]2C[C@@]21C(=O)OC. The van der Waals surface area contributed by atoms with Gasteiger partial charge in [-0.3, -0.25) is 4.90 Å². The van der Waals surface area contributed by atoms with Crippen molar-refractivity contribution in [2.24, 2.45) is 5.92 Å². The fraction of sp³-hybridized carbons (Fsp3) is 0.800. The van der Waals surface area contributed by atoms with Gasteiger partial charge in [-0.1, -0.05) is 0 Å². The van der Waals surface area contributed by atoms with Gasteiger partial charge in [0, 0.05) is 6.54 Å². The maximum atomic E-state index is 11.7. The van der Waals surface area contributed by atoms with Gasteiger partial charge in [-0.15, -0.1) is 0 Å². The Morgan fingerprint density at radius 3 is 2.67 bits per heavy atom. The van der Waals surface area contributed by atoms with Crippen LogP contribution in [0.4, 0.5) is 4.79 Å². The number of carbonyl (C=O) groups excluding carboxylic acids is 2. The van der Waals surface area contributed by atoms with E-state index in [-0.39, 0.29) is 11.9 Å². The highest BCUT2D eigenvalue weighted by Crippen LogP contribution is 2.54. The Morgan fingerprint density at radius 2 is 2.07 bits per heavy atom. The molecule has 5 nitrogen and oxygen atoms in total. The van der Waals surface area contributed by atoms with Crippen LogP contribution in [-0.2, 0) is 14.3 Å². The first-order valence-electron chi connectivity index (χ1n) is 5.11. The van der Waals surface area contributed by atoms with E-state index >= 15 is 0 Å². The molecular weight excluding hydrogens is 198 g/mol. The number of nitrogens with zero attached hydrogens (tertiary/aromatic N) is 1. The largest absolute Gasteiger partial charge is 0.467 e. The molecule has 0 radical (unpaired) electrons. The summed E-state index contributed by atoms with van der Waals surface area (Å²) in [4.78, 5) is 24.7. The molecule has 0 aromatic carbocycles. The molecule has 0 aromatic heterocycles. The first-order valence-corrected chi connectivity index (χ1v) is 5.11. The smallest absolute Gasteiger partial charge is 0.410 e. The average Bonchev–Trinajstić information content (AvgIpc) is 3.01. The van der Waals surface area contributed by atoms with Gasteiger partial charge in [0.15, 0.2) is 0 Å². The molecule has 2 atom stereocenters. The van der Waals surface area contributed by atoms with E-state index < -0.39 is 11.6 Å². The lowest BCUT2D eigenvalue weighted by Crippen LogP contribution is -2.51. The highest BCUT2D eigenvalue weighted by atomic mass is 16.5. The fourth-order valence-corrected chi connectivity index (χ4v) is 2.58. The van der Waals surface area contributed by atoms with Crippen LogP contribution >= 0.6 is 0 Å². The molecule has 1 amide bonds. The number of hydrogen-bond donors (Lipinski definition) is 0. The second-order valence-corrected chi connectivity index (χ2v) is 4.08. The number of methoxy groups -OCH3 is 2. The van der Waals surface area contributed by atoms with E-state index in [1.807, 2.05) is 0 Å². The van der Waals surface area contributed by atoms with Crippen LogP contribution in [0.15, 0.2) is 0 Å². The van der Waals surface area contributed by atoms with Crippen molar-refractivity contribution in [1.82, 2.24) is 4.90 Å². The van der Waals surface area contributed by atoms with E-state index in [0.29, 0.717) is 6.54 Å². The zero-order chi connectivity index (χ0) is 11.1. The van der Waals surface area contributed by atoms with Gasteiger partial charge in [-0.05, 0) is 25.2 Å². The minimum atomic E-state index is -0.708. The summed E-state index contributed by atoms with van der Waals surface area (Å²) in [6.07, 6.45) is 2.21. The number of amides is 1.